The molecule has 0 atom stereocenters. The number of hydrogen-bond donors (Lipinski definition) is 2. The van der Waals surface area contributed by atoms with Gasteiger partial charge in [-0.05, 0) is 6.92 Å². The van der Waals surface area contributed by atoms with E-state index < -0.39 is 29.0 Å². The van der Waals surface area contributed by atoms with Gasteiger partial charge in [0.15, 0.2) is 11.6 Å². The molecule has 0 radical (unpaired) electrons. The zero-order valence-electron chi connectivity index (χ0n) is 10.5. The van der Waals surface area contributed by atoms with Crippen molar-refractivity contribution >= 4 is 17.3 Å². The van der Waals surface area contributed by atoms with E-state index in [1.54, 1.807) is 6.92 Å². The Morgan fingerprint density at radius 1 is 1.35 bits per heavy atom. The first-order chi connectivity index (χ1) is 9.43. The number of hydrogen-bond acceptors (Lipinski definition) is 3. The molecule has 5 nitrogen and oxygen atoms in total. The number of aryl methyl sites for hydroxylation is 1. The predicted molar refractivity (Wildman–Crippen MR) is 66.6 cm³/mol. The summed E-state index contributed by atoms with van der Waals surface area (Å²) in [5, 5.41) is 5.87. The number of carbonyl (C=O) groups is 1. The number of rotatable bonds is 3. The third kappa shape index (κ3) is 2.44. The van der Waals surface area contributed by atoms with E-state index in [0.29, 0.717) is 18.7 Å². The molecule has 0 unspecified atom stereocenters. The van der Waals surface area contributed by atoms with Gasteiger partial charge in [0, 0.05) is 18.7 Å². The van der Waals surface area contributed by atoms with Crippen molar-refractivity contribution in [1.82, 2.24) is 9.78 Å². The van der Waals surface area contributed by atoms with Crippen LogP contribution in [-0.4, -0.2) is 15.7 Å². The second kappa shape index (κ2) is 5.24. The summed E-state index contributed by atoms with van der Waals surface area (Å²) in [7, 11) is 0. The molecule has 0 aliphatic heterocycles. The summed E-state index contributed by atoms with van der Waals surface area (Å²) < 4.78 is 41.0. The molecule has 0 fully saturated rings. The minimum absolute atomic E-state index is 0.0179. The van der Waals surface area contributed by atoms with Gasteiger partial charge in [-0.25, -0.2) is 13.2 Å². The number of benzene rings is 1. The first-order valence-electron chi connectivity index (χ1n) is 5.71. The molecule has 106 valence electrons. The van der Waals surface area contributed by atoms with Crippen molar-refractivity contribution in [3.8, 4) is 0 Å². The SMILES string of the molecule is CCn1ncc(N)c1C(=O)Nc1c(F)cc(F)cc1F. The normalized spacial score (nSPS) is 10.6. The maximum Gasteiger partial charge on any atom is 0.276 e. The number of nitrogen functional groups attached to an aromatic ring is 1. The van der Waals surface area contributed by atoms with Gasteiger partial charge in [-0.15, -0.1) is 0 Å². The quantitative estimate of drug-likeness (QED) is 0.907. The van der Waals surface area contributed by atoms with Crippen molar-refractivity contribution in [3.63, 3.8) is 0 Å². The number of nitrogens with two attached hydrogens (primary N) is 1. The van der Waals surface area contributed by atoms with Gasteiger partial charge in [0.2, 0.25) is 0 Å². The maximum absolute atomic E-state index is 13.4. The molecule has 8 heteroatoms. The van der Waals surface area contributed by atoms with Crippen LogP contribution >= 0.6 is 0 Å². The van der Waals surface area contributed by atoms with E-state index in [1.807, 2.05) is 5.32 Å². The summed E-state index contributed by atoms with van der Waals surface area (Å²) in [6, 6.07) is 0.943. The van der Waals surface area contributed by atoms with Crippen LogP contribution in [0.2, 0.25) is 0 Å². The molecule has 0 saturated carbocycles. The van der Waals surface area contributed by atoms with Gasteiger partial charge in [-0.3, -0.25) is 9.48 Å². The van der Waals surface area contributed by atoms with E-state index in [1.165, 1.54) is 10.9 Å². The van der Waals surface area contributed by atoms with Gasteiger partial charge in [-0.2, -0.15) is 5.10 Å². The minimum Gasteiger partial charge on any atom is -0.396 e. The lowest BCUT2D eigenvalue weighted by atomic mass is 10.2. The maximum atomic E-state index is 13.4. The fraction of sp³-hybridized carbons (Fsp3) is 0.167. The second-order valence-electron chi connectivity index (χ2n) is 3.96. The highest BCUT2D eigenvalue weighted by atomic mass is 19.1. The molecule has 1 aromatic heterocycles. The van der Waals surface area contributed by atoms with Crippen molar-refractivity contribution in [2.75, 3.05) is 11.1 Å². The van der Waals surface area contributed by atoms with Crippen LogP contribution in [0.15, 0.2) is 18.3 Å². The summed E-state index contributed by atoms with van der Waals surface area (Å²) in [6.07, 6.45) is 1.26. The third-order valence-electron chi connectivity index (χ3n) is 2.63. The predicted octanol–water partition coefficient (Wildman–Crippen LogP) is 2.15. The Kier molecular flexibility index (Phi) is 3.64. The molecule has 0 aliphatic rings. The Labute approximate surface area is 112 Å². The molecule has 0 bridgehead atoms. The summed E-state index contributed by atoms with van der Waals surface area (Å²) in [5.74, 6) is -4.32. The minimum atomic E-state index is -1.21. The van der Waals surface area contributed by atoms with Gasteiger partial charge >= 0.3 is 0 Å². The molecule has 2 aromatic rings. The highest BCUT2D eigenvalue weighted by Gasteiger charge is 2.20. The number of anilines is 2. The molecule has 1 amide bonds. The Balaban J connectivity index is 2.35. The summed E-state index contributed by atoms with van der Waals surface area (Å²) in [5.41, 5.74) is 4.90. The largest absolute Gasteiger partial charge is 0.396 e. The fourth-order valence-electron chi connectivity index (χ4n) is 1.72. The lowest BCUT2D eigenvalue weighted by molar-refractivity contribution is 0.101. The van der Waals surface area contributed by atoms with E-state index >= 15 is 0 Å². The van der Waals surface area contributed by atoms with Gasteiger partial charge in [-0.1, -0.05) is 0 Å². The van der Waals surface area contributed by atoms with Crippen molar-refractivity contribution in [3.05, 3.63) is 41.5 Å². The topological polar surface area (TPSA) is 72.9 Å². The second-order valence-corrected chi connectivity index (χ2v) is 3.96. The molecule has 1 heterocycles. The number of halogens is 3. The molecule has 2 rings (SSSR count). The van der Waals surface area contributed by atoms with Crippen molar-refractivity contribution in [2.24, 2.45) is 0 Å². The average Bonchev–Trinajstić information content (AvgIpc) is 2.74. The van der Waals surface area contributed by atoms with E-state index in [-0.39, 0.29) is 11.4 Å². The van der Waals surface area contributed by atoms with Gasteiger partial charge in [0.25, 0.3) is 5.91 Å². The van der Waals surface area contributed by atoms with E-state index in [9.17, 15) is 18.0 Å². The number of amides is 1. The molecule has 1 aromatic carbocycles. The van der Waals surface area contributed by atoms with Crippen LogP contribution < -0.4 is 11.1 Å². The molecule has 0 saturated heterocycles. The standard InChI is InChI=1S/C12H11F3N4O/c1-2-19-11(9(16)5-17-19)12(20)18-10-7(14)3-6(13)4-8(10)15/h3-5H,2,16H2,1H3,(H,18,20). The summed E-state index contributed by atoms with van der Waals surface area (Å²) in [6.45, 7) is 2.08. The van der Waals surface area contributed by atoms with Crippen molar-refractivity contribution < 1.29 is 18.0 Å². The van der Waals surface area contributed by atoms with Crippen LogP contribution in [0.25, 0.3) is 0 Å². The van der Waals surface area contributed by atoms with Crippen LogP contribution in [0.5, 0.6) is 0 Å². The lowest BCUT2D eigenvalue weighted by Gasteiger charge is -2.09. The van der Waals surface area contributed by atoms with Gasteiger partial charge < -0.3 is 11.1 Å². The fourth-order valence-corrected chi connectivity index (χ4v) is 1.72. The zero-order valence-corrected chi connectivity index (χ0v) is 10.5. The van der Waals surface area contributed by atoms with Crippen molar-refractivity contribution in [2.45, 2.75) is 13.5 Å². The number of carbonyl (C=O) groups excluding carboxylic acids is 1. The Morgan fingerprint density at radius 3 is 2.50 bits per heavy atom. The van der Waals surface area contributed by atoms with Gasteiger partial charge in [0.05, 0.1) is 11.9 Å². The van der Waals surface area contributed by atoms with Crippen LogP contribution in [0, 0.1) is 17.5 Å². The molecular weight excluding hydrogens is 273 g/mol. The Morgan fingerprint density at radius 2 is 1.95 bits per heavy atom. The van der Waals surface area contributed by atoms with Gasteiger partial charge in [0.1, 0.15) is 17.2 Å². The Bertz CT molecular complexity index is 646. The average molecular weight is 284 g/mol. The highest BCUT2D eigenvalue weighted by molar-refractivity contribution is 6.06. The summed E-state index contributed by atoms with van der Waals surface area (Å²) >= 11 is 0. The lowest BCUT2D eigenvalue weighted by Crippen LogP contribution is -2.20. The van der Waals surface area contributed by atoms with Crippen LogP contribution in [0.4, 0.5) is 24.5 Å². The molecule has 3 N–H and O–H groups in total. The first-order valence-corrected chi connectivity index (χ1v) is 5.71. The number of nitrogens with one attached hydrogen (secondary N) is 1. The monoisotopic (exact) mass is 284 g/mol. The third-order valence-corrected chi connectivity index (χ3v) is 2.63. The highest BCUT2D eigenvalue weighted by Crippen LogP contribution is 2.22. The number of nitrogens with zero attached hydrogens (tertiary/aromatic N) is 2. The van der Waals surface area contributed by atoms with Crippen molar-refractivity contribution in [1.29, 1.82) is 0 Å². The smallest absolute Gasteiger partial charge is 0.276 e. The number of aromatic nitrogens is 2. The van der Waals surface area contributed by atoms with E-state index in [0.717, 1.165) is 0 Å². The first kappa shape index (κ1) is 13.9. The molecule has 20 heavy (non-hydrogen) atoms. The van der Waals surface area contributed by atoms with E-state index in [2.05, 4.69) is 5.10 Å². The zero-order chi connectivity index (χ0) is 14.9. The van der Waals surface area contributed by atoms with Crippen LogP contribution in [0.1, 0.15) is 17.4 Å². The molecule has 0 aliphatic carbocycles. The Hall–Kier alpha value is -2.51. The van der Waals surface area contributed by atoms with Crippen LogP contribution in [0.3, 0.4) is 0 Å². The molecular formula is C12H11F3N4O. The summed E-state index contributed by atoms with van der Waals surface area (Å²) in [4.78, 5) is 12.0. The van der Waals surface area contributed by atoms with E-state index in [4.69, 9.17) is 5.73 Å². The van der Waals surface area contributed by atoms with Crippen LogP contribution in [-0.2, 0) is 6.54 Å². The molecule has 0 spiro atoms.